The number of nitrogens with one attached hydrogen (secondary N) is 1. The van der Waals surface area contributed by atoms with E-state index in [9.17, 15) is 0 Å². The van der Waals surface area contributed by atoms with E-state index in [4.69, 9.17) is 4.74 Å². The molecule has 1 aromatic heterocycles. The van der Waals surface area contributed by atoms with E-state index in [0.29, 0.717) is 6.61 Å². The van der Waals surface area contributed by atoms with Gasteiger partial charge in [0.25, 0.3) is 0 Å². The molecule has 0 fully saturated rings. The monoisotopic (exact) mass is 339 g/mol. The first kappa shape index (κ1) is 14.7. The number of benzene rings is 1. The molecule has 1 heterocycles. The summed E-state index contributed by atoms with van der Waals surface area (Å²) in [5.41, 5.74) is 2.55. The van der Waals surface area contributed by atoms with Crippen LogP contribution in [0.2, 0.25) is 0 Å². The number of rotatable bonds is 6. The maximum atomic E-state index is 5.22. The Morgan fingerprint density at radius 3 is 2.58 bits per heavy atom. The lowest BCUT2D eigenvalue weighted by atomic mass is 10.1. The highest BCUT2D eigenvalue weighted by Crippen LogP contribution is 2.26. The third-order valence-electron chi connectivity index (χ3n) is 2.94. The second-order valence-electron chi connectivity index (χ2n) is 4.42. The summed E-state index contributed by atoms with van der Waals surface area (Å²) in [6.07, 6.45) is 0. The van der Waals surface area contributed by atoms with Crippen molar-refractivity contribution >= 4 is 27.3 Å². The summed E-state index contributed by atoms with van der Waals surface area (Å²) < 4.78 is 6.42. The first-order valence-corrected chi connectivity index (χ1v) is 7.83. The van der Waals surface area contributed by atoms with Crippen LogP contribution in [0.5, 0.6) is 0 Å². The van der Waals surface area contributed by atoms with Crippen molar-refractivity contribution in [3.05, 3.63) is 55.7 Å². The molecule has 2 aromatic rings. The van der Waals surface area contributed by atoms with Crippen LogP contribution in [0.4, 0.5) is 0 Å². The largest absolute Gasteiger partial charge is 0.380 e. The van der Waals surface area contributed by atoms with Gasteiger partial charge in [0.2, 0.25) is 0 Å². The molecule has 1 N–H and O–H groups in total. The fourth-order valence-corrected chi connectivity index (χ4v) is 3.52. The molecule has 0 bridgehead atoms. The second-order valence-corrected chi connectivity index (χ2v) is 6.62. The van der Waals surface area contributed by atoms with Crippen molar-refractivity contribution in [3.63, 3.8) is 0 Å². The molecule has 0 amide bonds. The molecule has 0 aliphatic heterocycles. The molecule has 0 saturated carbocycles. The maximum Gasteiger partial charge on any atom is 0.0716 e. The van der Waals surface area contributed by atoms with Crippen molar-refractivity contribution in [2.45, 2.75) is 26.6 Å². The Hall–Kier alpha value is -0.680. The zero-order valence-electron chi connectivity index (χ0n) is 11.2. The SMILES string of the molecule is COCc1ccccc1CNCc1cc(Br)c(C)s1. The molecule has 1 aromatic carbocycles. The Bertz CT molecular complexity index is 519. The first-order chi connectivity index (χ1) is 9.20. The van der Waals surface area contributed by atoms with Crippen LogP contribution in [-0.2, 0) is 24.4 Å². The Balaban J connectivity index is 1.92. The summed E-state index contributed by atoms with van der Waals surface area (Å²) in [7, 11) is 1.73. The highest BCUT2D eigenvalue weighted by Gasteiger charge is 2.04. The minimum Gasteiger partial charge on any atom is -0.380 e. The van der Waals surface area contributed by atoms with Crippen LogP contribution in [0.1, 0.15) is 20.9 Å². The van der Waals surface area contributed by atoms with Gasteiger partial charge in [0.05, 0.1) is 6.61 Å². The maximum absolute atomic E-state index is 5.22. The van der Waals surface area contributed by atoms with Crippen molar-refractivity contribution in [1.82, 2.24) is 5.32 Å². The van der Waals surface area contributed by atoms with Gasteiger partial charge in [-0.1, -0.05) is 24.3 Å². The third-order valence-corrected chi connectivity index (χ3v) is 5.08. The van der Waals surface area contributed by atoms with Gasteiger partial charge in [0.1, 0.15) is 0 Å². The van der Waals surface area contributed by atoms with E-state index >= 15 is 0 Å². The molecule has 0 unspecified atom stereocenters. The van der Waals surface area contributed by atoms with E-state index in [-0.39, 0.29) is 0 Å². The minimum absolute atomic E-state index is 0.668. The average Bonchev–Trinajstić information content (AvgIpc) is 2.71. The van der Waals surface area contributed by atoms with Gasteiger partial charge < -0.3 is 10.1 Å². The zero-order valence-corrected chi connectivity index (χ0v) is 13.6. The molecule has 2 rings (SSSR count). The van der Waals surface area contributed by atoms with Crippen molar-refractivity contribution in [2.75, 3.05) is 7.11 Å². The topological polar surface area (TPSA) is 21.3 Å². The summed E-state index contributed by atoms with van der Waals surface area (Å²) in [6.45, 7) is 4.57. The quantitative estimate of drug-likeness (QED) is 0.849. The van der Waals surface area contributed by atoms with Crippen LogP contribution in [0, 0.1) is 6.92 Å². The molecule has 0 radical (unpaired) electrons. The Morgan fingerprint density at radius 1 is 1.21 bits per heavy atom. The number of hydrogen-bond donors (Lipinski definition) is 1. The van der Waals surface area contributed by atoms with Gasteiger partial charge in [0, 0.05) is 34.4 Å². The number of ether oxygens (including phenoxy) is 1. The molecule has 19 heavy (non-hydrogen) atoms. The molecule has 0 spiro atoms. The molecule has 0 aliphatic carbocycles. The Kier molecular flexibility index (Phi) is 5.58. The standard InChI is InChI=1S/C15H18BrNOS/c1-11-15(16)7-14(19-11)9-17-8-12-5-3-4-6-13(12)10-18-2/h3-7,17H,8-10H2,1-2H3. The van der Waals surface area contributed by atoms with Crippen molar-refractivity contribution in [2.24, 2.45) is 0 Å². The summed E-state index contributed by atoms with van der Waals surface area (Å²) in [6, 6.07) is 10.6. The van der Waals surface area contributed by atoms with Gasteiger partial charge in [-0.25, -0.2) is 0 Å². The van der Waals surface area contributed by atoms with Gasteiger partial charge in [-0.05, 0) is 40.0 Å². The van der Waals surface area contributed by atoms with Crippen molar-refractivity contribution in [3.8, 4) is 0 Å². The lowest BCUT2D eigenvalue weighted by molar-refractivity contribution is 0.184. The van der Waals surface area contributed by atoms with Gasteiger partial charge >= 0.3 is 0 Å². The summed E-state index contributed by atoms with van der Waals surface area (Å²) in [4.78, 5) is 2.69. The normalized spacial score (nSPS) is 10.9. The minimum atomic E-state index is 0.668. The molecule has 0 saturated heterocycles. The molecular formula is C15H18BrNOS. The van der Waals surface area contributed by atoms with Crippen LogP contribution < -0.4 is 5.32 Å². The summed E-state index contributed by atoms with van der Waals surface area (Å²) >= 11 is 5.38. The number of methoxy groups -OCH3 is 1. The van der Waals surface area contributed by atoms with Gasteiger partial charge in [-0.3, -0.25) is 0 Å². The van der Waals surface area contributed by atoms with Gasteiger partial charge in [-0.2, -0.15) is 0 Å². The van der Waals surface area contributed by atoms with Crippen molar-refractivity contribution < 1.29 is 4.74 Å². The van der Waals surface area contributed by atoms with Crippen molar-refractivity contribution in [1.29, 1.82) is 0 Å². The first-order valence-electron chi connectivity index (χ1n) is 6.22. The van der Waals surface area contributed by atoms with Gasteiger partial charge in [-0.15, -0.1) is 11.3 Å². The van der Waals surface area contributed by atoms with E-state index < -0.39 is 0 Å². The molecule has 4 heteroatoms. The fourth-order valence-electron chi connectivity index (χ4n) is 1.95. The average molecular weight is 340 g/mol. The Morgan fingerprint density at radius 2 is 1.95 bits per heavy atom. The summed E-state index contributed by atoms with van der Waals surface area (Å²) in [5.74, 6) is 0. The van der Waals surface area contributed by atoms with Gasteiger partial charge in [0.15, 0.2) is 0 Å². The lowest BCUT2D eigenvalue weighted by Gasteiger charge is -2.09. The summed E-state index contributed by atoms with van der Waals surface area (Å²) in [5, 5.41) is 3.49. The highest BCUT2D eigenvalue weighted by molar-refractivity contribution is 9.10. The number of aryl methyl sites for hydroxylation is 1. The molecular weight excluding hydrogens is 322 g/mol. The third kappa shape index (κ3) is 4.14. The van der Waals surface area contributed by atoms with E-state index in [1.165, 1.54) is 25.4 Å². The molecule has 0 atom stereocenters. The Labute approximate surface area is 126 Å². The van der Waals surface area contributed by atoms with Crippen LogP contribution >= 0.6 is 27.3 Å². The number of thiophene rings is 1. The molecule has 102 valence electrons. The molecule has 0 aliphatic rings. The number of hydrogen-bond acceptors (Lipinski definition) is 3. The van der Waals surface area contributed by atoms with Crippen LogP contribution in [0.3, 0.4) is 0 Å². The number of halogens is 1. The molecule has 2 nitrogen and oxygen atoms in total. The predicted molar refractivity (Wildman–Crippen MR) is 84.5 cm³/mol. The highest BCUT2D eigenvalue weighted by atomic mass is 79.9. The smallest absolute Gasteiger partial charge is 0.0716 e. The fraction of sp³-hybridized carbons (Fsp3) is 0.333. The van der Waals surface area contributed by atoms with Crippen LogP contribution in [0.15, 0.2) is 34.8 Å². The zero-order chi connectivity index (χ0) is 13.7. The predicted octanol–water partition coefficient (Wildman–Crippen LogP) is 4.26. The second kappa shape index (κ2) is 7.20. The van der Waals surface area contributed by atoms with E-state index in [1.54, 1.807) is 7.11 Å². The lowest BCUT2D eigenvalue weighted by Crippen LogP contribution is -2.13. The van der Waals surface area contributed by atoms with Crippen LogP contribution in [0.25, 0.3) is 0 Å². The van der Waals surface area contributed by atoms with E-state index in [1.807, 2.05) is 11.3 Å². The van der Waals surface area contributed by atoms with E-state index in [0.717, 1.165) is 13.1 Å². The van der Waals surface area contributed by atoms with Crippen LogP contribution in [-0.4, -0.2) is 7.11 Å². The van der Waals surface area contributed by atoms with E-state index in [2.05, 4.69) is 58.5 Å².